The minimum atomic E-state index is 0.366. The minimum Gasteiger partial charge on any atom is -0.330 e. The van der Waals surface area contributed by atoms with Crippen LogP contribution in [0.2, 0.25) is 0 Å². The molecule has 0 aliphatic rings. The van der Waals surface area contributed by atoms with Crippen molar-refractivity contribution in [3.63, 3.8) is 0 Å². The van der Waals surface area contributed by atoms with Crippen LogP contribution >= 0.6 is 11.8 Å². The zero-order valence-corrected chi connectivity index (χ0v) is 11.9. The van der Waals surface area contributed by atoms with Crippen LogP contribution in [-0.2, 0) is 0 Å². The molecule has 0 aliphatic carbocycles. The second-order valence-corrected chi connectivity index (χ2v) is 5.51. The predicted molar refractivity (Wildman–Crippen MR) is 77.5 cm³/mol. The van der Waals surface area contributed by atoms with Crippen LogP contribution in [0.15, 0.2) is 29.2 Å². The molecule has 0 bridgehead atoms. The molecule has 1 aromatic rings. The lowest BCUT2D eigenvalue weighted by molar-refractivity contribution is 0.378. The molecule has 3 heteroatoms. The summed E-state index contributed by atoms with van der Waals surface area (Å²) in [5.41, 5.74) is 7.17. The van der Waals surface area contributed by atoms with Gasteiger partial charge in [0.25, 0.3) is 0 Å². The van der Waals surface area contributed by atoms with Crippen LogP contribution in [0.5, 0.6) is 0 Å². The van der Waals surface area contributed by atoms with E-state index in [-0.39, 0.29) is 0 Å². The number of rotatable bonds is 7. The molecular weight excluding hydrogens is 228 g/mol. The molecule has 0 fully saturated rings. The van der Waals surface area contributed by atoms with E-state index >= 15 is 0 Å². The monoisotopic (exact) mass is 252 g/mol. The maximum Gasteiger partial charge on any atom is 0.0358 e. The average molecular weight is 252 g/mol. The number of hydrogen-bond donors (Lipinski definition) is 2. The Kier molecular flexibility index (Phi) is 6.63. The van der Waals surface area contributed by atoms with Crippen LogP contribution in [0.1, 0.15) is 31.9 Å². The van der Waals surface area contributed by atoms with Gasteiger partial charge in [-0.15, -0.1) is 11.8 Å². The molecule has 2 unspecified atom stereocenters. The summed E-state index contributed by atoms with van der Waals surface area (Å²) in [6.45, 7) is 5.10. The fourth-order valence-corrected chi connectivity index (χ4v) is 2.81. The van der Waals surface area contributed by atoms with Crippen molar-refractivity contribution in [1.82, 2.24) is 5.32 Å². The average Bonchev–Trinajstić information content (AvgIpc) is 2.37. The zero-order valence-electron chi connectivity index (χ0n) is 11.1. The van der Waals surface area contributed by atoms with Gasteiger partial charge in [-0.05, 0) is 43.0 Å². The van der Waals surface area contributed by atoms with Crippen LogP contribution in [0.3, 0.4) is 0 Å². The van der Waals surface area contributed by atoms with E-state index in [1.165, 1.54) is 10.5 Å². The van der Waals surface area contributed by atoms with E-state index in [2.05, 4.69) is 43.4 Å². The van der Waals surface area contributed by atoms with Gasteiger partial charge in [0.1, 0.15) is 0 Å². The summed E-state index contributed by atoms with van der Waals surface area (Å²) in [5.74, 6) is 1.62. The van der Waals surface area contributed by atoms with Gasteiger partial charge in [-0.1, -0.05) is 32.4 Å². The lowest BCUT2D eigenvalue weighted by Gasteiger charge is -2.25. The van der Waals surface area contributed by atoms with Gasteiger partial charge in [0.15, 0.2) is 0 Å². The topological polar surface area (TPSA) is 38.0 Å². The molecular formula is C14H24N2S. The van der Waals surface area contributed by atoms with E-state index in [1.807, 2.05) is 18.8 Å². The third kappa shape index (κ3) is 4.02. The number of benzene rings is 1. The predicted octanol–water partition coefficient (Wildman–Crippen LogP) is 3.04. The zero-order chi connectivity index (χ0) is 12.7. The molecule has 17 heavy (non-hydrogen) atoms. The molecule has 1 aromatic carbocycles. The Bertz CT molecular complexity index is 307. The first-order chi connectivity index (χ1) is 8.26. The molecule has 3 N–H and O–H groups in total. The molecule has 0 aromatic heterocycles. The third-order valence-corrected chi connectivity index (χ3v) is 4.05. The van der Waals surface area contributed by atoms with Gasteiger partial charge in [-0.3, -0.25) is 0 Å². The Labute approximate surface area is 109 Å². The van der Waals surface area contributed by atoms with Gasteiger partial charge in [-0.2, -0.15) is 0 Å². The molecule has 2 atom stereocenters. The normalized spacial score (nSPS) is 14.6. The molecule has 0 saturated heterocycles. The van der Waals surface area contributed by atoms with Crippen molar-refractivity contribution in [3.05, 3.63) is 29.8 Å². The number of nitrogens with one attached hydrogen (secondary N) is 1. The second kappa shape index (κ2) is 7.75. The fraction of sp³-hybridized carbons (Fsp3) is 0.571. The summed E-state index contributed by atoms with van der Waals surface area (Å²) in [6, 6.07) is 9.22. The largest absolute Gasteiger partial charge is 0.330 e. The van der Waals surface area contributed by atoms with Crippen molar-refractivity contribution in [2.45, 2.75) is 31.2 Å². The van der Waals surface area contributed by atoms with E-state index < -0.39 is 0 Å². The summed E-state index contributed by atoms with van der Waals surface area (Å²) in [6.07, 6.45) is 1.10. The second-order valence-electron chi connectivity index (χ2n) is 4.17. The summed E-state index contributed by atoms with van der Waals surface area (Å²) < 4.78 is 0. The quantitative estimate of drug-likeness (QED) is 0.733. The molecule has 96 valence electrons. The van der Waals surface area contributed by atoms with Crippen molar-refractivity contribution >= 4 is 11.8 Å². The van der Waals surface area contributed by atoms with Gasteiger partial charge in [0, 0.05) is 10.9 Å². The SMILES string of the molecule is CCSc1ccc(C(NC)C(CC)CN)cc1. The van der Waals surface area contributed by atoms with Gasteiger partial charge in [0.05, 0.1) is 0 Å². The van der Waals surface area contributed by atoms with Crippen molar-refractivity contribution < 1.29 is 0 Å². The highest BCUT2D eigenvalue weighted by Gasteiger charge is 2.18. The molecule has 0 aliphatic heterocycles. The summed E-state index contributed by atoms with van der Waals surface area (Å²) in [5, 5.41) is 3.38. The third-order valence-electron chi connectivity index (χ3n) is 3.16. The lowest BCUT2D eigenvalue weighted by Crippen LogP contribution is -2.30. The standard InChI is InChI=1S/C14H24N2S/c1-4-11(10-15)14(16-3)12-6-8-13(9-7-12)17-5-2/h6-9,11,14,16H,4-5,10,15H2,1-3H3. The van der Waals surface area contributed by atoms with E-state index in [4.69, 9.17) is 5.73 Å². The Morgan fingerprint density at radius 2 is 1.88 bits per heavy atom. The van der Waals surface area contributed by atoms with Crippen molar-refractivity contribution in [1.29, 1.82) is 0 Å². The fourth-order valence-electron chi connectivity index (χ4n) is 2.15. The van der Waals surface area contributed by atoms with Crippen molar-refractivity contribution in [2.75, 3.05) is 19.3 Å². The molecule has 0 heterocycles. The van der Waals surface area contributed by atoms with Crippen LogP contribution < -0.4 is 11.1 Å². The number of thioether (sulfide) groups is 1. The molecule has 0 amide bonds. The van der Waals surface area contributed by atoms with Gasteiger partial charge < -0.3 is 11.1 Å². The smallest absolute Gasteiger partial charge is 0.0358 e. The van der Waals surface area contributed by atoms with Crippen LogP contribution in [-0.4, -0.2) is 19.3 Å². The molecule has 2 nitrogen and oxygen atoms in total. The Morgan fingerprint density at radius 3 is 2.29 bits per heavy atom. The van der Waals surface area contributed by atoms with Crippen LogP contribution in [0.4, 0.5) is 0 Å². The van der Waals surface area contributed by atoms with Crippen LogP contribution in [0.25, 0.3) is 0 Å². The van der Waals surface area contributed by atoms with Crippen molar-refractivity contribution in [3.8, 4) is 0 Å². The van der Waals surface area contributed by atoms with E-state index in [1.54, 1.807) is 0 Å². The van der Waals surface area contributed by atoms with E-state index in [0.29, 0.717) is 12.0 Å². The highest BCUT2D eigenvalue weighted by atomic mass is 32.2. The van der Waals surface area contributed by atoms with Gasteiger partial charge >= 0.3 is 0 Å². The van der Waals surface area contributed by atoms with Crippen LogP contribution in [0, 0.1) is 5.92 Å². The first-order valence-electron chi connectivity index (χ1n) is 6.36. The van der Waals surface area contributed by atoms with Gasteiger partial charge in [0.2, 0.25) is 0 Å². The molecule has 1 rings (SSSR count). The maximum atomic E-state index is 5.83. The number of nitrogens with two attached hydrogens (primary N) is 1. The van der Waals surface area contributed by atoms with E-state index in [0.717, 1.165) is 18.7 Å². The lowest BCUT2D eigenvalue weighted by atomic mass is 9.91. The molecule has 0 radical (unpaired) electrons. The first kappa shape index (κ1) is 14.6. The first-order valence-corrected chi connectivity index (χ1v) is 7.35. The summed E-state index contributed by atoms with van der Waals surface area (Å²) in [4.78, 5) is 1.34. The highest BCUT2D eigenvalue weighted by molar-refractivity contribution is 7.99. The maximum absolute atomic E-state index is 5.83. The Hall–Kier alpha value is -0.510. The Morgan fingerprint density at radius 1 is 1.24 bits per heavy atom. The molecule has 0 saturated carbocycles. The summed E-state index contributed by atoms with van der Waals surface area (Å²) in [7, 11) is 2.01. The van der Waals surface area contributed by atoms with E-state index in [9.17, 15) is 0 Å². The van der Waals surface area contributed by atoms with Crippen molar-refractivity contribution in [2.24, 2.45) is 11.7 Å². The minimum absolute atomic E-state index is 0.366. The van der Waals surface area contributed by atoms with Gasteiger partial charge in [-0.25, -0.2) is 0 Å². The Balaban J connectivity index is 2.81. The number of hydrogen-bond acceptors (Lipinski definition) is 3. The summed E-state index contributed by atoms with van der Waals surface area (Å²) >= 11 is 1.88. The highest BCUT2D eigenvalue weighted by Crippen LogP contribution is 2.26. The molecule has 0 spiro atoms.